The van der Waals surface area contributed by atoms with Crippen molar-refractivity contribution < 1.29 is 19.1 Å². The Morgan fingerprint density at radius 1 is 1.00 bits per heavy atom. The van der Waals surface area contributed by atoms with Gasteiger partial charge in [-0.15, -0.1) is 0 Å². The van der Waals surface area contributed by atoms with Gasteiger partial charge in [0.1, 0.15) is 11.5 Å². The first-order valence-corrected chi connectivity index (χ1v) is 8.07. The van der Waals surface area contributed by atoms with E-state index in [9.17, 15) is 14.0 Å². The lowest BCUT2D eigenvalue weighted by molar-refractivity contribution is -0.131. The van der Waals surface area contributed by atoms with Crippen LogP contribution in [0.25, 0.3) is 17.3 Å². The molecule has 0 aliphatic rings. The van der Waals surface area contributed by atoms with Crippen molar-refractivity contribution in [3.05, 3.63) is 89.9 Å². The molecule has 0 spiro atoms. The number of aliphatic carboxylic acids is 1. The number of hydrogen-bond donors (Lipinski definition) is 2. The van der Waals surface area contributed by atoms with Gasteiger partial charge in [-0.05, 0) is 48.0 Å². The van der Waals surface area contributed by atoms with E-state index in [1.807, 2.05) is 0 Å². The lowest BCUT2D eigenvalue weighted by atomic mass is 10.1. The summed E-state index contributed by atoms with van der Waals surface area (Å²) in [5, 5.41) is 11.4. The van der Waals surface area contributed by atoms with Gasteiger partial charge in [0.05, 0.1) is 5.69 Å². The minimum Gasteiger partial charge on any atom is -0.478 e. The monoisotopic (exact) mass is 362 g/mol. The number of carbonyl (C=O) groups is 2. The molecule has 0 bridgehead atoms. The van der Waals surface area contributed by atoms with Crippen LogP contribution in [0.2, 0.25) is 0 Å². The Morgan fingerprint density at radius 3 is 2.56 bits per heavy atom. The Morgan fingerprint density at radius 2 is 1.78 bits per heavy atom. The molecule has 6 heteroatoms. The zero-order valence-corrected chi connectivity index (χ0v) is 14.1. The highest BCUT2D eigenvalue weighted by Crippen LogP contribution is 2.19. The number of amides is 1. The Hall–Kier alpha value is -3.80. The van der Waals surface area contributed by atoms with Crippen molar-refractivity contribution in [2.45, 2.75) is 0 Å². The van der Waals surface area contributed by atoms with E-state index in [-0.39, 0.29) is 11.5 Å². The number of carbonyl (C=O) groups excluding carboxylic acids is 1. The molecule has 0 aliphatic heterocycles. The summed E-state index contributed by atoms with van der Waals surface area (Å²) in [4.78, 5) is 27.4. The molecule has 0 unspecified atom stereocenters. The third-order valence-corrected chi connectivity index (χ3v) is 3.66. The lowest BCUT2D eigenvalue weighted by Gasteiger charge is -2.07. The number of nitrogens with zero attached hydrogens (tertiary/aromatic N) is 1. The molecule has 0 radical (unpaired) electrons. The number of carboxylic acids is 1. The maximum Gasteiger partial charge on any atom is 0.328 e. The molecule has 1 amide bonds. The molecule has 0 saturated heterocycles. The number of pyridine rings is 1. The maximum absolute atomic E-state index is 13.4. The summed E-state index contributed by atoms with van der Waals surface area (Å²) in [5.74, 6) is -1.86. The standard InChI is InChI=1S/C21H15FN2O3/c22-16-6-2-5-15(13-16)18-8-3-9-19(24-18)21(27)23-17-7-1-4-14(12-17)10-11-20(25)26/h1-13H,(H,23,27)(H,25,26)/b11-10+. The van der Waals surface area contributed by atoms with Crippen LogP contribution in [0.5, 0.6) is 0 Å². The summed E-state index contributed by atoms with van der Waals surface area (Å²) in [6, 6.07) is 17.7. The van der Waals surface area contributed by atoms with Gasteiger partial charge >= 0.3 is 5.97 Å². The normalized spacial score (nSPS) is 10.7. The Labute approximate surface area is 154 Å². The largest absolute Gasteiger partial charge is 0.478 e. The van der Waals surface area contributed by atoms with Crippen LogP contribution in [-0.4, -0.2) is 22.0 Å². The fourth-order valence-corrected chi connectivity index (χ4v) is 2.45. The van der Waals surface area contributed by atoms with E-state index < -0.39 is 11.9 Å². The number of aromatic nitrogens is 1. The summed E-state index contributed by atoms with van der Waals surface area (Å²) in [5.41, 5.74) is 2.39. The number of rotatable bonds is 5. The van der Waals surface area contributed by atoms with Gasteiger partial charge in [0.25, 0.3) is 5.91 Å². The number of carboxylic acid groups (broad SMARTS) is 1. The van der Waals surface area contributed by atoms with Gasteiger partial charge in [0, 0.05) is 17.3 Å². The second-order valence-corrected chi connectivity index (χ2v) is 5.67. The molecule has 1 heterocycles. The first kappa shape index (κ1) is 18.0. The van der Waals surface area contributed by atoms with Gasteiger partial charge in [0.2, 0.25) is 0 Å². The van der Waals surface area contributed by atoms with Crippen molar-refractivity contribution >= 4 is 23.6 Å². The summed E-state index contributed by atoms with van der Waals surface area (Å²) in [6.45, 7) is 0. The van der Waals surface area contributed by atoms with Crippen molar-refractivity contribution in [1.29, 1.82) is 0 Å². The number of benzene rings is 2. The molecule has 0 fully saturated rings. The van der Waals surface area contributed by atoms with Crippen molar-refractivity contribution in [1.82, 2.24) is 4.98 Å². The SMILES string of the molecule is O=C(O)/C=C/c1cccc(NC(=O)c2cccc(-c3cccc(F)c3)n2)c1. The summed E-state index contributed by atoms with van der Waals surface area (Å²) >= 11 is 0. The van der Waals surface area contributed by atoms with E-state index in [0.29, 0.717) is 22.5 Å². The second kappa shape index (κ2) is 8.05. The fraction of sp³-hybridized carbons (Fsp3) is 0. The van der Waals surface area contributed by atoms with Crippen LogP contribution < -0.4 is 5.32 Å². The number of halogens is 1. The van der Waals surface area contributed by atoms with Crippen LogP contribution in [0.3, 0.4) is 0 Å². The van der Waals surface area contributed by atoms with Gasteiger partial charge < -0.3 is 10.4 Å². The molecule has 3 rings (SSSR count). The molecule has 2 N–H and O–H groups in total. The van der Waals surface area contributed by atoms with E-state index in [4.69, 9.17) is 5.11 Å². The van der Waals surface area contributed by atoms with Crippen LogP contribution in [-0.2, 0) is 4.79 Å². The molecule has 134 valence electrons. The maximum atomic E-state index is 13.4. The predicted molar refractivity (Wildman–Crippen MR) is 101 cm³/mol. The van der Waals surface area contributed by atoms with E-state index >= 15 is 0 Å². The summed E-state index contributed by atoms with van der Waals surface area (Å²) < 4.78 is 13.4. The molecule has 0 saturated carbocycles. The number of hydrogen-bond acceptors (Lipinski definition) is 3. The molecule has 5 nitrogen and oxygen atoms in total. The number of nitrogens with one attached hydrogen (secondary N) is 1. The zero-order valence-electron chi connectivity index (χ0n) is 14.1. The Bertz CT molecular complexity index is 1030. The molecule has 3 aromatic rings. The van der Waals surface area contributed by atoms with Gasteiger partial charge in [0.15, 0.2) is 0 Å². The minimum atomic E-state index is -1.05. The fourth-order valence-electron chi connectivity index (χ4n) is 2.45. The van der Waals surface area contributed by atoms with Crippen molar-refractivity contribution in [3.8, 4) is 11.3 Å². The van der Waals surface area contributed by atoms with Crippen LogP contribution in [0.4, 0.5) is 10.1 Å². The van der Waals surface area contributed by atoms with Crippen LogP contribution in [0, 0.1) is 5.82 Å². The smallest absolute Gasteiger partial charge is 0.328 e. The highest BCUT2D eigenvalue weighted by atomic mass is 19.1. The van der Waals surface area contributed by atoms with Crippen LogP contribution in [0.1, 0.15) is 16.1 Å². The van der Waals surface area contributed by atoms with E-state index in [2.05, 4.69) is 10.3 Å². The van der Waals surface area contributed by atoms with Gasteiger partial charge in [-0.2, -0.15) is 0 Å². The van der Waals surface area contributed by atoms with Crippen molar-refractivity contribution in [2.75, 3.05) is 5.32 Å². The minimum absolute atomic E-state index is 0.184. The molecule has 0 atom stereocenters. The van der Waals surface area contributed by atoms with Crippen LogP contribution >= 0.6 is 0 Å². The van der Waals surface area contributed by atoms with Crippen molar-refractivity contribution in [3.63, 3.8) is 0 Å². The molecule has 0 aliphatic carbocycles. The highest BCUT2D eigenvalue weighted by molar-refractivity contribution is 6.03. The topological polar surface area (TPSA) is 79.3 Å². The van der Waals surface area contributed by atoms with Gasteiger partial charge in [-0.1, -0.05) is 30.3 Å². The molecular formula is C21H15FN2O3. The third kappa shape index (κ3) is 4.85. The van der Waals surface area contributed by atoms with E-state index in [0.717, 1.165) is 6.08 Å². The van der Waals surface area contributed by atoms with E-state index in [1.54, 1.807) is 54.6 Å². The average Bonchev–Trinajstić information content (AvgIpc) is 2.67. The molecule has 2 aromatic carbocycles. The highest BCUT2D eigenvalue weighted by Gasteiger charge is 2.10. The third-order valence-electron chi connectivity index (χ3n) is 3.66. The van der Waals surface area contributed by atoms with Gasteiger partial charge in [-0.25, -0.2) is 14.2 Å². The summed E-state index contributed by atoms with van der Waals surface area (Å²) in [6.07, 6.45) is 2.45. The molecular weight excluding hydrogens is 347 g/mol. The second-order valence-electron chi connectivity index (χ2n) is 5.67. The van der Waals surface area contributed by atoms with Crippen molar-refractivity contribution in [2.24, 2.45) is 0 Å². The summed E-state index contributed by atoms with van der Waals surface area (Å²) in [7, 11) is 0. The van der Waals surface area contributed by atoms with Crippen LogP contribution in [0.15, 0.2) is 72.8 Å². The van der Waals surface area contributed by atoms with Gasteiger partial charge in [-0.3, -0.25) is 4.79 Å². The first-order chi connectivity index (χ1) is 13.0. The molecule has 27 heavy (non-hydrogen) atoms. The molecule has 1 aromatic heterocycles. The first-order valence-electron chi connectivity index (χ1n) is 8.07. The lowest BCUT2D eigenvalue weighted by Crippen LogP contribution is -2.13. The quantitative estimate of drug-likeness (QED) is 0.666. The predicted octanol–water partition coefficient (Wildman–Crippen LogP) is 4.24. The number of anilines is 1. The average molecular weight is 362 g/mol. The zero-order chi connectivity index (χ0) is 19.2. The Balaban J connectivity index is 1.80. The van der Waals surface area contributed by atoms with E-state index in [1.165, 1.54) is 18.2 Å². The Kier molecular flexibility index (Phi) is 5.37.